The minimum Gasteiger partial charge on any atom is -0.461 e. The van der Waals surface area contributed by atoms with Gasteiger partial charge in [-0.05, 0) is 30.7 Å². The molecule has 3 aromatic rings. The van der Waals surface area contributed by atoms with Gasteiger partial charge < -0.3 is 4.42 Å². The van der Waals surface area contributed by atoms with Gasteiger partial charge in [-0.15, -0.1) is 10.2 Å². The fourth-order valence-corrected chi connectivity index (χ4v) is 3.22. The van der Waals surface area contributed by atoms with Crippen molar-refractivity contribution in [3.8, 4) is 11.6 Å². The Morgan fingerprint density at radius 3 is 2.64 bits per heavy atom. The van der Waals surface area contributed by atoms with Gasteiger partial charge in [-0.25, -0.2) is 0 Å². The lowest BCUT2D eigenvalue weighted by Gasteiger charge is -2.09. The Labute approximate surface area is 166 Å². The summed E-state index contributed by atoms with van der Waals surface area (Å²) in [5.41, 5.74) is 5.28. The number of thioether (sulfide) groups is 1. The number of nitrogens with zero attached hydrogens (tertiary/aromatic N) is 3. The number of furan rings is 1. The number of nitrogens with one attached hydrogen (secondary N) is 2. The normalized spacial score (nSPS) is 10.6. The van der Waals surface area contributed by atoms with Gasteiger partial charge >= 0.3 is 0 Å². The number of hydrogen-bond donors (Lipinski definition) is 2. The predicted octanol–water partition coefficient (Wildman–Crippen LogP) is 2.89. The van der Waals surface area contributed by atoms with Gasteiger partial charge in [0.2, 0.25) is 5.91 Å². The third-order valence-corrected chi connectivity index (χ3v) is 4.84. The first-order valence-electron chi connectivity index (χ1n) is 8.93. The fourth-order valence-electron chi connectivity index (χ4n) is 2.46. The number of carbonyl (C=O) groups excluding carboxylic acids is 2. The molecule has 0 radical (unpaired) electrons. The molecule has 0 aliphatic heterocycles. The van der Waals surface area contributed by atoms with E-state index in [9.17, 15) is 9.59 Å². The van der Waals surface area contributed by atoms with Crippen LogP contribution in [-0.4, -0.2) is 32.3 Å². The molecule has 2 amide bonds. The second-order valence-corrected chi connectivity index (χ2v) is 6.89. The summed E-state index contributed by atoms with van der Waals surface area (Å²) in [6.45, 7) is 2.83. The zero-order valence-electron chi connectivity index (χ0n) is 15.4. The first-order chi connectivity index (χ1) is 13.7. The van der Waals surface area contributed by atoms with Crippen LogP contribution in [0.2, 0.25) is 0 Å². The first kappa shape index (κ1) is 19.7. The largest absolute Gasteiger partial charge is 0.461 e. The van der Waals surface area contributed by atoms with Crippen molar-refractivity contribution < 1.29 is 14.0 Å². The van der Waals surface area contributed by atoms with E-state index in [1.165, 1.54) is 11.8 Å². The average Bonchev–Trinajstić information content (AvgIpc) is 3.39. The summed E-state index contributed by atoms with van der Waals surface area (Å²) in [7, 11) is 0. The van der Waals surface area contributed by atoms with Crippen LogP contribution in [0.15, 0.2) is 58.3 Å². The minimum absolute atomic E-state index is 0.0947. The molecule has 8 nitrogen and oxygen atoms in total. The van der Waals surface area contributed by atoms with Gasteiger partial charge in [0.25, 0.3) is 5.91 Å². The number of hydrogen-bond acceptors (Lipinski definition) is 6. The number of unbranched alkanes of at least 4 members (excludes halogenated alkanes) is 1. The average molecular weight is 399 g/mol. The van der Waals surface area contributed by atoms with Crippen molar-refractivity contribution in [2.24, 2.45) is 0 Å². The molecule has 0 saturated heterocycles. The van der Waals surface area contributed by atoms with Gasteiger partial charge in [0.05, 0.1) is 12.0 Å². The van der Waals surface area contributed by atoms with Crippen LogP contribution in [0.4, 0.5) is 0 Å². The molecule has 146 valence electrons. The van der Waals surface area contributed by atoms with Gasteiger partial charge in [-0.3, -0.25) is 25.0 Å². The van der Waals surface area contributed by atoms with E-state index in [1.807, 2.05) is 16.7 Å². The Balaban J connectivity index is 1.57. The molecular weight excluding hydrogens is 378 g/mol. The minimum atomic E-state index is -0.370. The molecular formula is C19H21N5O3S. The van der Waals surface area contributed by atoms with E-state index < -0.39 is 0 Å². The predicted molar refractivity (Wildman–Crippen MR) is 105 cm³/mol. The fraction of sp³-hybridized carbons (Fsp3) is 0.263. The lowest BCUT2D eigenvalue weighted by Crippen LogP contribution is -2.42. The highest BCUT2D eigenvalue weighted by Crippen LogP contribution is 2.24. The third-order valence-electron chi connectivity index (χ3n) is 3.88. The molecule has 0 atom stereocenters. The van der Waals surface area contributed by atoms with Crippen molar-refractivity contribution in [2.75, 3.05) is 5.75 Å². The van der Waals surface area contributed by atoms with Crippen molar-refractivity contribution in [2.45, 2.75) is 31.5 Å². The molecule has 2 heterocycles. The monoisotopic (exact) mass is 399 g/mol. The van der Waals surface area contributed by atoms with Crippen LogP contribution < -0.4 is 10.9 Å². The summed E-state index contributed by atoms with van der Waals surface area (Å²) >= 11 is 1.26. The van der Waals surface area contributed by atoms with Gasteiger partial charge in [0.15, 0.2) is 16.7 Å². The smallest absolute Gasteiger partial charge is 0.269 e. The van der Waals surface area contributed by atoms with Crippen molar-refractivity contribution in [3.63, 3.8) is 0 Å². The SMILES string of the molecule is CCCCn1c(SCC(=O)NNC(=O)c2ccccc2)nnc1-c1ccco1. The molecule has 0 bridgehead atoms. The Kier molecular flexibility index (Phi) is 6.85. The van der Waals surface area contributed by atoms with Gasteiger partial charge in [-0.1, -0.05) is 43.3 Å². The first-order valence-corrected chi connectivity index (χ1v) is 9.91. The quantitative estimate of drug-likeness (QED) is 0.446. The number of benzene rings is 1. The second-order valence-electron chi connectivity index (χ2n) is 5.95. The number of rotatable bonds is 8. The highest BCUT2D eigenvalue weighted by atomic mass is 32.2. The van der Waals surface area contributed by atoms with E-state index in [2.05, 4.69) is 28.0 Å². The number of aromatic nitrogens is 3. The van der Waals surface area contributed by atoms with Crippen molar-refractivity contribution in [1.82, 2.24) is 25.6 Å². The van der Waals surface area contributed by atoms with Crippen LogP contribution in [0.25, 0.3) is 11.6 Å². The Morgan fingerprint density at radius 1 is 1.11 bits per heavy atom. The zero-order chi connectivity index (χ0) is 19.8. The van der Waals surface area contributed by atoms with Crippen molar-refractivity contribution in [3.05, 3.63) is 54.3 Å². The zero-order valence-corrected chi connectivity index (χ0v) is 16.2. The maximum Gasteiger partial charge on any atom is 0.269 e. The molecule has 28 heavy (non-hydrogen) atoms. The Morgan fingerprint density at radius 2 is 1.93 bits per heavy atom. The van der Waals surface area contributed by atoms with Gasteiger partial charge in [0.1, 0.15) is 0 Å². The molecule has 0 unspecified atom stereocenters. The summed E-state index contributed by atoms with van der Waals surface area (Å²) in [6, 6.07) is 12.3. The van der Waals surface area contributed by atoms with Crippen molar-refractivity contribution >= 4 is 23.6 Å². The van der Waals surface area contributed by atoms with E-state index in [0.29, 0.717) is 22.3 Å². The van der Waals surface area contributed by atoms with E-state index in [0.717, 1.165) is 19.4 Å². The van der Waals surface area contributed by atoms with Gasteiger partial charge in [0, 0.05) is 12.1 Å². The summed E-state index contributed by atoms with van der Waals surface area (Å²) in [6.07, 6.45) is 3.56. The van der Waals surface area contributed by atoms with E-state index >= 15 is 0 Å². The number of amides is 2. The Bertz CT molecular complexity index is 909. The molecule has 0 fully saturated rings. The van der Waals surface area contributed by atoms with E-state index in [1.54, 1.807) is 36.6 Å². The summed E-state index contributed by atoms with van der Waals surface area (Å²) in [5.74, 6) is 0.662. The molecule has 1 aromatic carbocycles. The van der Waals surface area contributed by atoms with Crippen LogP contribution in [0.1, 0.15) is 30.1 Å². The topological polar surface area (TPSA) is 102 Å². The third kappa shape index (κ3) is 5.01. The molecule has 0 spiro atoms. The van der Waals surface area contributed by atoms with Crippen LogP contribution in [0.5, 0.6) is 0 Å². The van der Waals surface area contributed by atoms with E-state index in [4.69, 9.17) is 4.42 Å². The molecule has 9 heteroatoms. The molecule has 0 saturated carbocycles. The molecule has 3 rings (SSSR count). The maximum absolute atomic E-state index is 12.1. The summed E-state index contributed by atoms with van der Waals surface area (Å²) in [4.78, 5) is 24.1. The lowest BCUT2D eigenvalue weighted by atomic mass is 10.2. The molecule has 2 N–H and O–H groups in total. The molecule has 2 aromatic heterocycles. The lowest BCUT2D eigenvalue weighted by molar-refractivity contribution is -0.119. The van der Waals surface area contributed by atoms with E-state index in [-0.39, 0.29) is 17.6 Å². The summed E-state index contributed by atoms with van der Waals surface area (Å²) in [5, 5.41) is 9.02. The number of hydrazine groups is 1. The molecule has 0 aliphatic carbocycles. The number of carbonyl (C=O) groups is 2. The van der Waals surface area contributed by atoms with Gasteiger partial charge in [-0.2, -0.15) is 0 Å². The van der Waals surface area contributed by atoms with Crippen LogP contribution in [-0.2, 0) is 11.3 Å². The molecule has 0 aliphatic rings. The van der Waals surface area contributed by atoms with Crippen molar-refractivity contribution in [1.29, 1.82) is 0 Å². The van der Waals surface area contributed by atoms with Crippen LogP contribution >= 0.6 is 11.8 Å². The maximum atomic E-state index is 12.1. The van der Waals surface area contributed by atoms with Crippen LogP contribution in [0, 0.1) is 0 Å². The summed E-state index contributed by atoms with van der Waals surface area (Å²) < 4.78 is 7.37. The standard InChI is InChI=1S/C19H21N5O3S/c1-2-3-11-24-17(15-10-7-12-27-15)21-23-19(24)28-13-16(25)20-22-18(26)14-8-5-4-6-9-14/h4-10,12H,2-3,11,13H2,1H3,(H,20,25)(H,22,26). The Hall–Kier alpha value is -3.07. The highest BCUT2D eigenvalue weighted by Gasteiger charge is 2.17. The van der Waals surface area contributed by atoms with Crippen LogP contribution in [0.3, 0.4) is 0 Å². The second kappa shape index (κ2) is 9.75. The highest BCUT2D eigenvalue weighted by molar-refractivity contribution is 7.99.